The fraction of sp³-hybridized carbons (Fsp3) is 0.222. The number of carbonyl (C=O) groups excluding carboxylic acids is 2. The summed E-state index contributed by atoms with van der Waals surface area (Å²) in [4.78, 5) is 23.8. The van der Waals surface area contributed by atoms with E-state index in [-0.39, 0.29) is 18.2 Å². The monoisotopic (exact) mass is 360 g/mol. The molecule has 130 valence electrons. The van der Waals surface area contributed by atoms with Gasteiger partial charge < -0.3 is 20.1 Å². The van der Waals surface area contributed by atoms with Crippen LogP contribution in [0.1, 0.15) is 17.3 Å². The van der Waals surface area contributed by atoms with Crippen LogP contribution in [-0.2, 0) is 4.79 Å². The molecule has 25 heavy (non-hydrogen) atoms. The van der Waals surface area contributed by atoms with Gasteiger partial charge in [-0.1, -0.05) is 23.7 Å². The number of rotatable bonds is 5. The van der Waals surface area contributed by atoms with Crippen LogP contribution in [0.25, 0.3) is 0 Å². The van der Waals surface area contributed by atoms with Gasteiger partial charge in [-0.15, -0.1) is 0 Å². The van der Waals surface area contributed by atoms with E-state index >= 15 is 0 Å². The van der Waals surface area contributed by atoms with Crippen LogP contribution in [0.3, 0.4) is 0 Å². The highest BCUT2D eigenvalue weighted by Gasteiger charge is 2.16. The summed E-state index contributed by atoms with van der Waals surface area (Å²) in [7, 11) is 0. The SMILES string of the molecule is CC(=O)c1ccccc1NC(=O)CNc1cc2c(cc1Cl)OCCO2. The highest BCUT2D eigenvalue weighted by atomic mass is 35.5. The minimum atomic E-state index is -0.292. The molecule has 1 heterocycles. The van der Waals surface area contributed by atoms with E-state index in [1.165, 1.54) is 6.92 Å². The molecule has 0 aliphatic carbocycles. The summed E-state index contributed by atoms with van der Waals surface area (Å²) in [5, 5.41) is 6.12. The van der Waals surface area contributed by atoms with Gasteiger partial charge >= 0.3 is 0 Å². The molecule has 0 fully saturated rings. The molecule has 2 aromatic carbocycles. The molecule has 0 aromatic heterocycles. The van der Waals surface area contributed by atoms with Crippen LogP contribution in [0.15, 0.2) is 36.4 Å². The zero-order chi connectivity index (χ0) is 17.8. The Bertz CT molecular complexity index is 823. The minimum Gasteiger partial charge on any atom is -0.486 e. The number of Topliss-reactive ketones (excluding diaryl/α,β-unsaturated/α-hetero) is 1. The predicted octanol–water partition coefficient (Wildman–Crippen LogP) is 3.36. The molecule has 2 N–H and O–H groups in total. The number of carbonyl (C=O) groups is 2. The topological polar surface area (TPSA) is 76.7 Å². The third-order valence-corrected chi connectivity index (χ3v) is 3.96. The molecule has 2 aromatic rings. The van der Waals surface area contributed by atoms with Crippen LogP contribution in [0.4, 0.5) is 11.4 Å². The van der Waals surface area contributed by atoms with Crippen molar-refractivity contribution in [3.63, 3.8) is 0 Å². The van der Waals surface area contributed by atoms with Gasteiger partial charge in [0.25, 0.3) is 0 Å². The fourth-order valence-corrected chi connectivity index (χ4v) is 2.69. The molecular weight excluding hydrogens is 344 g/mol. The summed E-state index contributed by atoms with van der Waals surface area (Å²) >= 11 is 6.20. The largest absolute Gasteiger partial charge is 0.486 e. The zero-order valence-corrected chi connectivity index (χ0v) is 14.4. The first kappa shape index (κ1) is 17.1. The fourth-order valence-electron chi connectivity index (χ4n) is 2.47. The third-order valence-electron chi connectivity index (χ3n) is 3.65. The summed E-state index contributed by atoms with van der Waals surface area (Å²) < 4.78 is 11.0. The quantitative estimate of drug-likeness (QED) is 0.799. The predicted molar refractivity (Wildman–Crippen MR) is 96.0 cm³/mol. The Hall–Kier alpha value is -2.73. The number of fused-ring (bicyclic) bond motifs is 1. The number of halogens is 1. The number of benzene rings is 2. The molecule has 0 spiro atoms. The first-order valence-electron chi connectivity index (χ1n) is 7.77. The normalized spacial score (nSPS) is 12.4. The highest BCUT2D eigenvalue weighted by molar-refractivity contribution is 6.33. The molecule has 0 radical (unpaired) electrons. The van der Waals surface area contributed by atoms with E-state index in [4.69, 9.17) is 21.1 Å². The van der Waals surface area contributed by atoms with E-state index in [9.17, 15) is 9.59 Å². The molecule has 0 unspecified atom stereocenters. The standard InChI is InChI=1S/C18H17ClN2O4/c1-11(22)12-4-2-3-5-14(12)21-18(23)10-20-15-9-17-16(8-13(15)19)24-6-7-25-17/h2-5,8-9,20H,6-7,10H2,1H3,(H,21,23). The van der Waals surface area contributed by atoms with Gasteiger partial charge in [0.05, 0.1) is 22.9 Å². The van der Waals surface area contributed by atoms with Crippen molar-refractivity contribution in [2.75, 3.05) is 30.4 Å². The second kappa shape index (κ2) is 7.44. The van der Waals surface area contributed by atoms with E-state index in [0.29, 0.717) is 46.7 Å². The van der Waals surface area contributed by atoms with E-state index in [1.807, 2.05) is 0 Å². The average Bonchev–Trinajstić information content (AvgIpc) is 2.60. The molecule has 6 nitrogen and oxygen atoms in total. The molecule has 0 bridgehead atoms. The Labute approximate surface area is 150 Å². The maximum atomic E-state index is 12.2. The molecule has 0 saturated carbocycles. The summed E-state index contributed by atoms with van der Waals surface area (Å²) in [6, 6.07) is 10.2. The van der Waals surface area contributed by atoms with Gasteiger partial charge in [0.15, 0.2) is 17.3 Å². The van der Waals surface area contributed by atoms with Gasteiger partial charge in [-0.05, 0) is 19.1 Å². The van der Waals surface area contributed by atoms with Crippen molar-refractivity contribution >= 4 is 34.7 Å². The lowest BCUT2D eigenvalue weighted by atomic mass is 10.1. The number of hydrogen-bond acceptors (Lipinski definition) is 5. The van der Waals surface area contributed by atoms with Gasteiger partial charge in [0, 0.05) is 17.7 Å². The first-order chi connectivity index (χ1) is 12.0. The van der Waals surface area contributed by atoms with E-state index in [0.717, 1.165) is 0 Å². The van der Waals surface area contributed by atoms with Crippen LogP contribution in [0, 0.1) is 0 Å². The Morgan fingerprint density at radius 2 is 1.76 bits per heavy atom. The van der Waals surface area contributed by atoms with Crippen molar-refractivity contribution in [3.05, 3.63) is 47.0 Å². The highest BCUT2D eigenvalue weighted by Crippen LogP contribution is 2.37. The second-order valence-electron chi connectivity index (χ2n) is 5.48. The smallest absolute Gasteiger partial charge is 0.243 e. The third kappa shape index (κ3) is 4.03. The number of nitrogens with one attached hydrogen (secondary N) is 2. The molecule has 3 rings (SSSR count). The van der Waals surface area contributed by atoms with Gasteiger partial charge in [-0.3, -0.25) is 9.59 Å². The van der Waals surface area contributed by atoms with Crippen LogP contribution in [-0.4, -0.2) is 31.4 Å². The van der Waals surface area contributed by atoms with E-state index < -0.39 is 0 Å². The van der Waals surface area contributed by atoms with Crippen LogP contribution in [0.2, 0.25) is 5.02 Å². The van der Waals surface area contributed by atoms with Crippen molar-refractivity contribution in [1.29, 1.82) is 0 Å². The van der Waals surface area contributed by atoms with E-state index in [1.54, 1.807) is 36.4 Å². The summed E-state index contributed by atoms with van der Waals surface area (Å²) in [6.07, 6.45) is 0. The Balaban J connectivity index is 1.66. The molecule has 1 aliphatic rings. The minimum absolute atomic E-state index is 0.00833. The van der Waals surface area contributed by atoms with Crippen molar-refractivity contribution in [1.82, 2.24) is 0 Å². The molecule has 0 saturated heterocycles. The number of hydrogen-bond donors (Lipinski definition) is 2. The van der Waals surface area contributed by atoms with Gasteiger partial charge in [-0.25, -0.2) is 0 Å². The van der Waals surface area contributed by atoms with Crippen molar-refractivity contribution in [3.8, 4) is 11.5 Å². The van der Waals surface area contributed by atoms with Crippen LogP contribution in [0.5, 0.6) is 11.5 Å². The van der Waals surface area contributed by atoms with Crippen LogP contribution < -0.4 is 20.1 Å². The second-order valence-corrected chi connectivity index (χ2v) is 5.89. The number of anilines is 2. The summed E-state index contributed by atoms with van der Waals surface area (Å²) in [5.74, 6) is 0.764. The van der Waals surface area contributed by atoms with Gasteiger partial charge in [0.2, 0.25) is 5.91 Å². The lowest BCUT2D eigenvalue weighted by Crippen LogP contribution is -2.23. The summed E-state index contributed by atoms with van der Waals surface area (Å²) in [5.41, 5.74) is 1.52. The maximum Gasteiger partial charge on any atom is 0.243 e. The number of amides is 1. The summed E-state index contributed by atoms with van der Waals surface area (Å²) in [6.45, 7) is 2.40. The Morgan fingerprint density at radius 3 is 2.48 bits per heavy atom. The van der Waals surface area contributed by atoms with E-state index in [2.05, 4.69) is 10.6 Å². The van der Waals surface area contributed by atoms with Gasteiger partial charge in [-0.2, -0.15) is 0 Å². The van der Waals surface area contributed by atoms with Crippen molar-refractivity contribution in [2.45, 2.75) is 6.92 Å². The van der Waals surface area contributed by atoms with Crippen molar-refractivity contribution < 1.29 is 19.1 Å². The number of ether oxygens (including phenoxy) is 2. The molecule has 1 amide bonds. The molecule has 1 aliphatic heterocycles. The number of ketones is 1. The Morgan fingerprint density at radius 1 is 1.08 bits per heavy atom. The maximum absolute atomic E-state index is 12.2. The first-order valence-corrected chi connectivity index (χ1v) is 8.15. The van der Waals surface area contributed by atoms with Crippen molar-refractivity contribution in [2.24, 2.45) is 0 Å². The molecular formula is C18H17ClN2O4. The molecule has 0 atom stereocenters. The zero-order valence-electron chi connectivity index (χ0n) is 13.6. The average molecular weight is 361 g/mol. The molecule has 7 heteroatoms. The lowest BCUT2D eigenvalue weighted by molar-refractivity contribution is -0.114. The van der Waals surface area contributed by atoms with Crippen LogP contribution >= 0.6 is 11.6 Å². The lowest BCUT2D eigenvalue weighted by Gasteiger charge is -2.20. The Kier molecular flexibility index (Phi) is 5.09. The van der Waals surface area contributed by atoms with Gasteiger partial charge in [0.1, 0.15) is 13.2 Å². The number of para-hydroxylation sites is 1.